The van der Waals surface area contributed by atoms with Crippen molar-refractivity contribution in [3.63, 3.8) is 0 Å². The lowest BCUT2D eigenvalue weighted by atomic mass is 9.85. The van der Waals surface area contributed by atoms with Gasteiger partial charge in [-0.25, -0.2) is 0 Å². The van der Waals surface area contributed by atoms with Crippen molar-refractivity contribution in [2.45, 2.75) is 43.7 Å². The predicted molar refractivity (Wildman–Crippen MR) is 78.9 cm³/mol. The molecule has 2 aliphatic heterocycles. The molecule has 0 saturated carbocycles. The summed E-state index contributed by atoms with van der Waals surface area (Å²) < 4.78 is 6.11. The zero-order valence-corrected chi connectivity index (χ0v) is 12.5. The molecule has 6 heteroatoms. The Hall–Kier alpha value is -0.460. The van der Waals surface area contributed by atoms with Crippen LogP contribution in [0.15, 0.2) is 5.16 Å². The molecule has 2 fully saturated rings. The Morgan fingerprint density at radius 2 is 2.26 bits per heavy atom. The van der Waals surface area contributed by atoms with Crippen LogP contribution in [0.3, 0.4) is 0 Å². The van der Waals surface area contributed by atoms with E-state index < -0.39 is 0 Å². The number of thioether (sulfide) groups is 1. The molecule has 2 aliphatic rings. The van der Waals surface area contributed by atoms with E-state index in [4.69, 9.17) is 15.7 Å². The largest absolute Gasteiger partial charge is 0.409 e. The van der Waals surface area contributed by atoms with E-state index in [1.54, 1.807) is 0 Å². The molecule has 0 radical (unpaired) electrons. The summed E-state index contributed by atoms with van der Waals surface area (Å²) in [7, 11) is 2.13. The summed E-state index contributed by atoms with van der Waals surface area (Å²) in [5, 5.41) is 11.6. The molecule has 2 heterocycles. The van der Waals surface area contributed by atoms with Crippen LogP contribution in [0.2, 0.25) is 0 Å². The molecule has 0 amide bonds. The average molecular weight is 287 g/mol. The third kappa shape index (κ3) is 4.00. The summed E-state index contributed by atoms with van der Waals surface area (Å²) >= 11 is 2.04. The Morgan fingerprint density at radius 1 is 1.53 bits per heavy atom. The third-order valence-corrected chi connectivity index (χ3v) is 5.33. The Labute approximate surface area is 119 Å². The van der Waals surface area contributed by atoms with Gasteiger partial charge >= 0.3 is 0 Å². The fourth-order valence-electron chi connectivity index (χ4n) is 2.99. The summed E-state index contributed by atoms with van der Waals surface area (Å²) in [5.74, 6) is 2.75. The minimum Gasteiger partial charge on any atom is -0.409 e. The van der Waals surface area contributed by atoms with Crippen LogP contribution in [-0.4, -0.2) is 59.3 Å². The number of oxime groups is 1. The Kier molecular flexibility index (Phi) is 5.36. The van der Waals surface area contributed by atoms with Gasteiger partial charge in [0.2, 0.25) is 0 Å². The van der Waals surface area contributed by atoms with Gasteiger partial charge in [0.05, 0.1) is 5.60 Å². The minimum atomic E-state index is 0.124. The maximum absolute atomic E-state index is 8.58. The second kappa shape index (κ2) is 6.81. The number of rotatable bonds is 4. The molecule has 0 aromatic carbocycles. The van der Waals surface area contributed by atoms with Crippen molar-refractivity contribution in [1.29, 1.82) is 0 Å². The number of hydrogen-bond acceptors (Lipinski definition) is 5. The molecule has 5 nitrogen and oxygen atoms in total. The van der Waals surface area contributed by atoms with Crippen LogP contribution < -0.4 is 5.73 Å². The Morgan fingerprint density at radius 3 is 2.95 bits per heavy atom. The predicted octanol–water partition coefficient (Wildman–Crippen LogP) is 1.50. The van der Waals surface area contributed by atoms with Crippen molar-refractivity contribution in [3.8, 4) is 0 Å². The highest BCUT2D eigenvalue weighted by molar-refractivity contribution is 7.99. The number of amidine groups is 1. The van der Waals surface area contributed by atoms with Crippen LogP contribution in [0.4, 0.5) is 0 Å². The van der Waals surface area contributed by atoms with Crippen molar-refractivity contribution in [1.82, 2.24) is 4.90 Å². The van der Waals surface area contributed by atoms with Crippen LogP contribution in [0, 0.1) is 0 Å². The number of hydrogen-bond donors (Lipinski definition) is 2. The molecule has 1 atom stereocenters. The highest BCUT2D eigenvalue weighted by Gasteiger charge is 2.39. The number of nitrogens with two attached hydrogens (primary N) is 1. The molecule has 0 aromatic rings. The van der Waals surface area contributed by atoms with Crippen LogP contribution in [0.25, 0.3) is 0 Å². The van der Waals surface area contributed by atoms with Gasteiger partial charge in [-0.1, -0.05) is 5.16 Å². The first-order valence-electron chi connectivity index (χ1n) is 7.03. The molecule has 1 spiro atoms. The van der Waals surface area contributed by atoms with E-state index >= 15 is 0 Å². The molecule has 2 rings (SSSR count). The first-order chi connectivity index (χ1) is 9.15. The van der Waals surface area contributed by atoms with Gasteiger partial charge < -0.3 is 20.6 Å². The van der Waals surface area contributed by atoms with Crippen LogP contribution in [0.1, 0.15) is 32.1 Å². The van der Waals surface area contributed by atoms with Gasteiger partial charge in [0.25, 0.3) is 0 Å². The summed E-state index contributed by atoms with van der Waals surface area (Å²) in [6.45, 7) is 1.70. The molecule has 19 heavy (non-hydrogen) atoms. The van der Waals surface area contributed by atoms with Crippen molar-refractivity contribution in [2.75, 3.05) is 31.7 Å². The molecular weight excluding hydrogens is 262 g/mol. The van der Waals surface area contributed by atoms with E-state index in [-0.39, 0.29) is 5.60 Å². The smallest absolute Gasteiger partial charge is 0.140 e. The summed E-state index contributed by atoms with van der Waals surface area (Å²) in [6, 6.07) is 0.559. The summed E-state index contributed by atoms with van der Waals surface area (Å²) in [6.07, 6.45) is 5.19. The topological polar surface area (TPSA) is 71.1 Å². The van der Waals surface area contributed by atoms with Crippen LogP contribution in [0.5, 0.6) is 0 Å². The summed E-state index contributed by atoms with van der Waals surface area (Å²) in [4.78, 5) is 2.34. The molecule has 0 aliphatic carbocycles. The number of nitrogens with zero attached hydrogens (tertiary/aromatic N) is 2. The molecule has 3 N–H and O–H groups in total. The van der Waals surface area contributed by atoms with Crippen molar-refractivity contribution >= 4 is 17.6 Å². The zero-order valence-electron chi connectivity index (χ0n) is 11.7. The average Bonchev–Trinajstić information content (AvgIpc) is 2.45. The molecule has 2 saturated heterocycles. The third-order valence-electron chi connectivity index (χ3n) is 4.34. The first-order valence-corrected chi connectivity index (χ1v) is 8.19. The second-order valence-electron chi connectivity index (χ2n) is 5.61. The molecule has 0 bridgehead atoms. The maximum atomic E-state index is 8.58. The monoisotopic (exact) mass is 287 g/mol. The van der Waals surface area contributed by atoms with Crippen LogP contribution in [-0.2, 0) is 4.74 Å². The van der Waals surface area contributed by atoms with E-state index in [2.05, 4.69) is 17.1 Å². The highest BCUT2D eigenvalue weighted by atomic mass is 32.2. The van der Waals surface area contributed by atoms with Crippen molar-refractivity contribution < 1.29 is 9.94 Å². The standard InChI is InChI=1S/C13H25N3O2S/c1-16(6-2-12(14)15-17)11-3-7-18-13(10-11)4-8-19-9-5-13/h11,17H,2-10H2,1H3,(H2,14,15). The van der Waals surface area contributed by atoms with Crippen molar-refractivity contribution in [2.24, 2.45) is 10.9 Å². The quantitative estimate of drug-likeness (QED) is 0.355. The Bertz CT molecular complexity index is 314. The lowest BCUT2D eigenvalue weighted by Gasteiger charge is -2.45. The van der Waals surface area contributed by atoms with E-state index in [0.29, 0.717) is 18.3 Å². The fraction of sp³-hybridized carbons (Fsp3) is 0.923. The summed E-state index contributed by atoms with van der Waals surface area (Å²) in [5.41, 5.74) is 5.66. The van der Waals surface area contributed by atoms with E-state index in [1.165, 1.54) is 24.3 Å². The van der Waals surface area contributed by atoms with E-state index in [1.807, 2.05) is 11.8 Å². The second-order valence-corrected chi connectivity index (χ2v) is 6.84. The lowest BCUT2D eigenvalue weighted by Crippen LogP contribution is -2.49. The van der Waals surface area contributed by atoms with Gasteiger partial charge in [-0.2, -0.15) is 11.8 Å². The van der Waals surface area contributed by atoms with E-state index in [9.17, 15) is 0 Å². The normalized spacial score (nSPS) is 27.9. The Balaban J connectivity index is 1.85. The van der Waals surface area contributed by atoms with Gasteiger partial charge in [-0.05, 0) is 44.2 Å². The van der Waals surface area contributed by atoms with E-state index in [0.717, 1.165) is 26.0 Å². The van der Waals surface area contributed by atoms with Gasteiger partial charge in [0.1, 0.15) is 5.84 Å². The zero-order chi connectivity index (χ0) is 13.7. The molecule has 1 unspecified atom stereocenters. The van der Waals surface area contributed by atoms with Gasteiger partial charge in [-0.3, -0.25) is 0 Å². The minimum absolute atomic E-state index is 0.124. The maximum Gasteiger partial charge on any atom is 0.140 e. The SMILES string of the molecule is CN(CCC(N)=NO)C1CCOC2(CCSCC2)C1. The molecular formula is C13H25N3O2S. The van der Waals surface area contributed by atoms with Gasteiger partial charge in [0, 0.05) is 25.6 Å². The highest BCUT2D eigenvalue weighted by Crippen LogP contribution is 2.38. The molecule has 110 valence electrons. The number of ether oxygens (including phenoxy) is 1. The molecule has 0 aromatic heterocycles. The first kappa shape index (κ1) is 14.9. The van der Waals surface area contributed by atoms with Crippen LogP contribution >= 0.6 is 11.8 Å². The van der Waals surface area contributed by atoms with Gasteiger partial charge in [0.15, 0.2) is 0 Å². The van der Waals surface area contributed by atoms with Gasteiger partial charge in [-0.15, -0.1) is 0 Å². The fourth-order valence-corrected chi connectivity index (χ4v) is 4.23. The van der Waals surface area contributed by atoms with Crippen molar-refractivity contribution in [3.05, 3.63) is 0 Å². The lowest BCUT2D eigenvalue weighted by molar-refractivity contribution is -0.107.